The van der Waals surface area contributed by atoms with Gasteiger partial charge >= 0.3 is 11.9 Å². The van der Waals surface area contributed by atoms with E-state index < -0.39 is 11.9 Å². The average Bonchev–Trinajstić information content (AvgIpc) is 2.99. The number of nitrogens with zero attached hydrogens (tertiary/aromatic N) is 4. The van der Waals surface area contributed by atoms with Crippen molar-refractivity contribution in [3.8, 4) is 0 Å². The molecule has 30 heavy (non-hydrogen) atoms. The van der Waals surface area contributed by atoms with Gasteiger partial charge in [0.2, 0.25) is 5.16 Å². The first kappa shape index (κ1) is 19.8. The van der Waals surface area contributed by atoms with Crippen LogP contribution in [0.3, 0.4) is 0 Å². The number of thioether (sulfide) groups is 1. The van der Waals surface area contributed by atoms with E-state index in [2.05, 4.69) is 15.2 Å². The van der Waals surface area contributed by atoms with Crippen LogP contribution in [0.25, 0.3) is 22.1 Å². The van der Waals surface area contributed by atoms with Gasteiger partial charge in [-0.1, -0.05) is 47.7 Å². The van der Waals surface area contributed by atoms with E-state index in [4.69, 9.17) is 5.11 Å². The Morgan fingerprint density at radius 3 is 2.43 bits per heavy atom. The first-order chi connectivity index (χ1) is 14.4. The smallest absolute Gasteiger partial charge is 0.323 e. The minimum absolute atomic E-state index is 0.00920. The van der Waals surface area contributed by atoms with Gasteiger partial charge in [-0.25, -0.2) is 4.98 Å². The number of fused-ring (bicyclic) bond motifs is 3. The van der Waals surface area contributed by atoms with Gasteiger partial charge in [-0.2, -0.15) is 0 Å². The number of benzene rings is 2. The van der Waals surface area contributed by atoms with Crippen molar-refractivity contribution < 1.29 is 19.8 Å². The Labute approximate surface area is 175 Å². The third-order valence-electron chi connectivity index (χ3n) is 4.64. The predicted molar refractivity (Wildman–Crippen MR) is 113 cm³/mol. The van der Waals surface area contributed by atoms with Gasteiger partial charge in [0, 0.05) is 11.1 Å². The summed E-state index contributed by atoms with van der Waals surface area (Å²) in [4.78, 5) is 26.7. The Bertz CT molecular complexity index is 1270. The molecule has 2 aromatic carbocycles. The number of aromatic nitrogens is 4. The third-order valence-corrected chi connectivity index (χ3v) is 5.55. The van der Waals surface area contributed by atoms with E-state index in [0.717, 1.165) is 27.6 Å². The van der Waals surface area contributed by atoms with E-state index >= 15 is 0 Å². The van der Waals surface area contributed by atoms with Gasteiger partial charge < -0.3 is 14.8 Å². The lowest BCUT2D eigenvalue weighted by Crippen LogP contribution is -2.09. The highest BCUT2D eigenvalue weighted by molar-refractivity contribution is 7.98. The Balaban J connectivity index is 1.63. The zero-order valence-electron chi connectivity index (χ0n) is 16.1. The van der Waals surface area contributed by atoms with Crippen molar-refractivity contribution in [2.24, 2.45) is 0 Å². The molecule has 0 amide bonds. The molecule has 0 aliphatic carbocycles. The van der Waals surface area contributed by atoms with Crippen molar-refractivity contribution in [3.05, 3.63) is 59.2 Å². The van der Waals surface area contributed by atoms with Gasteiger partial charge in [0.25, 0.3) is 0 Å². The second-order valence-electron chi connectivity index (χ2n) is 6.94. The molecule has 0 aliphatic rings. The van der Waals surface area contributed by atoms with Gasteiger partial charge in [-0.3, -0.25) is 9.59 Å². The molecule has 0 fully saturated rings. The second-order valence-corrected chi connectivity index (χ2v) is 7.89. The third kappa shape index (κ3) is 4.11. The fraction of sp³-hybridized carbons (Fsp3) is 0.190. The highest BCUT2D eigenvalue weighted by atomic mass is 32.2. The molecule has 2 N–H and O–H groups in total. The number of carboxylic acids is 2. The normalized spacial score (nSPS) is 11.2. The number of hydrogen-bond donors (Lipinski definition) is 2. The first-order valence-electron chi connectivity index (χ1n) is 9.18. The van der Waals surface area contributed by atoms with Crippen LogP contribution < -0.4 is 0 Å². The van der Waals surface area contributed by atoms with Crippen LogP contribution in [0, 0.1) is 6.92 Å². The maximum Gasteiger partial charge on any atom is 0.323 e. The summed E-state index contributed by atoms with van der Waals surface area (Å²) in [5.41, 5.74) is 4.62. The average molecular weight is 422 g/mol. The van der Waals surface area contributed by atoms with Gasteiger partial charge in [0.1, 0.15) is 12.1 Å². The molecule has 2 aromatic heterocycles. The maximum absolute atomic E-state index is 11.4. The molecule has 9 heteroatoms. The number of rotatable bonds is 7. The van der Waals surface area contributed by atoms with E-state index in [9.17, 15) is 14.7 Å². The van der Waals surface area contributed by atoms with Crippen LogP contribution in [-0.2, 0) is 28.3 Å². The van der Waals surface area contributed by atoms with Crippen molar-refractivity contribution in [2.45, 2.75) is 30.8 Å². The van der Waals surface area contributed by atoms with Crippen molar-refractivity contribution in [3.63, 3.8) is 0 Å². The molecule has 8 nitrogen and oxygen atoms in total. The fourth-order valence-corrected chi connectivity index (χ4v) is 4.03. The minimum Gasteiger partial charge on any atom is -0.481 e. The van der Waals surface area contributed by atoms with Crippen molar-refractivity contribution in [1.29, 1.82) is 0 Å². The molecule has 2 heterocycles. The van der Waals surface area contributed by atoms with Crippen LogP contribution in [0.15, 0.2) is 47.6 Å². The molecule has 0 saturated carbocycles. The van der Waals surface area contributed by atoms with Gasteiger partial charge in [0.15, 0.2) is 5.65 Å². The minimum atomic E-state index is -0.955. The van der Waals surface area contributed by atoms with Gasteiger partial charge in [0.05, 0.1) is 11.9 Å². The number of hydrogen-bond acceptors (Lipinski definition) is 6. The molecule has 0 unspecified atom stereocenters. The Morgan fingerprint density at radius 1 is 1.00 bits per heavy atom. The fourth-order valence-electron chi connectivity index (χ4n) is 3.29. The zero-order valence-corrected chi connectivity index (χ0v) is 16.9. The van der Waals surface area contributed by atoms with Crippen molar-refractivity contribution in [1.82, 2.24) is 19.7 Å². The molecule has 0 spiro atoms. The van der Waals surface area contributed by atoms with Gasteiger partial charge in [-0.15, -0.1) is 10.2 Å². The summed E-state index contributed by atoms with van der Waals surface area (Å²) in [5, 5.41) is 28.0. The summed E-state index contributed by atoms with van der Waals surface area (Å²) >= 11 is 1.39. The molecule has 0 aliphatic heterocycles. The standard InChI is InChI=1S/C21H18N4O4S/c1-12-2-7-16-15(8-12)19-20(25(16)10-18(28)29)22-21(24-23-19)30-11-14-5-3-13(4-6-14)9-17(26)27/h2-8H,9-11H2,1H3,(H,26,27)(H,28,29). The van der Waals surface area contributed by atoms with Crippen LogP contribution in [-0.4, -0.2) is 41.9 Å². The lowest BCUT2D eigenvalue weighted by Gasteiger charge is -2.04. The first-order valence-corrected chi connectivity index (χ1v) is 10.2. The number of aryl methyl sites for hydroxylation is 1. The monoisotopic (exact) mass is 422 g/mol. The molecule has 152 valence electrons. The molecule has 0 saturated heterocycles. The predicted octanol–water partition coefficient (Wildman–Crippen LogP) is 3.29. The van der Waals surface area contributed by atoms with Crippen LogP contribution >= 0.6 is 11.8 Å². The van der Waals surface area contributed by atoms with Crippen molar-refractivity contribution >= 4 is 45.8 Å². The molecular weight excluding hydrogens is 404 g/mol. The summed E-state index contributed by atoms with van der Waals surface area (Å²) in [6.45, 7) is 1.75. The van der Waals surface area contributed by atoms with E-state index in [1.54, 1.807) is 16.7 Å². The SMILES string of the molecule is Cc1ccc2c(c1)c1nnc(SCc3ccc(CC(=O)O)cc3)nc1n2CC(=O)O. The number of aliphatic carboxylic acids is 2. The van der Waals surface area contributed by atoms with Crippen LogP contribution in [0.4, 0.5) is 0 Å². The summed E-state index contributed by atoms with van der Waals surface area (Å²) in [6.07, 6.45) is -0.00920. The van der Waals surface area contributed by atoms with Crippen LogP contribution in [0.5, 0.6) is 0 Å². The summed E-state index contributed by atoms with van der Waals surface area (Å²) < 4.78 is 1.64. The summed E-state index contributed by atoms with van der Waals surface area (Å²) in [7, 11) is 0. The summed E-state index contributed by atoms with van der Waals surface area (Å²) in [6, 6.07) is 13.1. The number of carbonyl (C=O) groups is 2. The molecule has 4 rings (SSSR count). The van der Waals surface area contributed by atoms with Gasteiger partial charge in [-0.05, 0) is 30.2 Å². The van der Waals surface area contributed by atoms with E-state index in [-0.39, 0.29) is 13.0 Å². The second kappa shape index (κ2) is 8.11. The maximum atomic E-state index is 11.4. The Hall–Kier alpha value is -3.46. The van der Waals surface area contributed by atoms with E-state index in [0.29, 0.717) is 22.1 Å². The largest absolute Gasteiger partial charge is 0.481 e. The molecular formula is C21H18N4O4S. The summed E-state index contributed by atoms with van der Waals surface area (Å²) in [5.74, 6) is -1.24. The molecule has 0 atom stereocenters. The Morgan fingerprint density at radius 2 is 1.73 bits per heavy atom. The quantitative estimate of drug-likeness (QED) is 0.436. The highest BCUT2D eigenvalue weighted by Crippen LogP contribution is 2.29. The van der Waals surface area contributed by atoms with E-state index in [1.807, 2.05) is 37.3 Å². The lowest BCUT2D eigenvalue weighted by molar-refractivity contribution is -0.138. The number of carboxylic acid groups (broad SMARTS) is 2. The molecule has 4 aromatic rings. The topological polar surface area (TPSA) is 118 Å². The van der Waals surface area contributed by atoms with E-state index in [1.165, 1.54) is 11.8 Å². The van der Waals surface area contributed by atoms with Crippen molar-refractivity contribution in [2.75, 3.05) is 0 Å². The lowest BCUT2D eigenvalue weighted by atomic mass is 10.1. The molecule has 0 radical (unpaired) electrons. The zero-order chi connectivity index (χ0) is 21.3. The highest BCUT2D eigenvalue weighted by Gasteiger charge is 2.17. The van der Waals surface area contributed by atoms with Crippen LogP contribution in [0.1, 0.15) is 16.7 Å². The molecule has 0 bridgehead atoms. The van der Waals surface area contributed by atoms with Crippen LogP contribution in [0.2, 0.25) is 0 Å². The Kier molecular flexibility index (Phi) is 5.37.